The van der Waals surface area contributed by atoms with Crippen molar-refractivity contribution in [1.29, 1.82) is 0 Å². The predicted molar refractivity (Wildman–Crippen MR) is 97.7 cm³/mol. The lowest BCUT2D eigenvalue weighted by Gasteiger charge is -2.29. The summed E-state index contributed by atoms with van der Waals surface area (Å²) in [5.74, 6) is 0.261. The zero-order valence-corrected chi connectivity index (χ0v) is 14.6. The topological polar surface area (TPSA) is 40.5 Å². The number of alkyl halides is 3. The molecule has 2 heterocycles. The molecule has 1 aromatic carbocycles. The number of benzene rings is 1. The van der Waals surface area contributed by atoms with Crippen LogP contribution in [0.4, 0.5) is 24.7 Å². The molecule has 1 saturated heterocycles. The summed E-state index contributed by atoms with van der Waals surface area (Å²) in [6.07, 6.45) is 1.80. The van der Waals surface area contributed by atoms with Crippen LogP contribution < -0.4 is 10.3 Å². The van der Waals surface area contributed by atoms with Gasteiger partial charge in [-0.1, -0.05) is 6.07 Å². The Balaban J connectivity index is 1.63. The molecule has 0 unspecified atom stereocenters. The molecule has 0 aliphatic carbocycles. The van der Waals surface area contributed by atoms with Gasteiger partial charge in [-0.3, -0.25) is 5.43 Å². The molecule has 0 spiro atoms. The molecule has 0 bridgehead atoms. The van der Waals surface area contributed by atoms with Crippen molar-refractivity contribution >= 4 is 17.7 Å². The highest BCUT2D eigenvalue weighted by Gasteiger charge is 2.30. The molecule has 1 aliphatic rings. The third-order valence-electron chi connectivity index (χ3n) is 4.45. The van der Waals surface area contributed by atoms with Crippen molar-refractivity contribution in [3.8, 4) is 0 Å². The Bertz CT molecular complexity index is 763. The summed E-state index contributed by atoms with van der Waals surface area (Å²) in [5.41, 5.74) is 5.14. The first-order valence-corrected chi connectivity index (χ1v) is 8.61. The van der Waals surface area contributed by atoms with Crippen LogP contribution in [0.2, 0.25) is 0 Å². The molecule has 26 heavy (non-hydrogen) atoms. The van der Waals surface area contributed by atoms with Crippen molar-refractivity contribution in [2.45, 2.75) is 32.4 Å². The van der Waals surface area contributed by atoms with Crippen LogP contribution in [0.1, 0.15) is 36.0 Å². The van der Waals surface area contributed by atoms with Crippen LogP contribution in [0.25, 0.3) is 0 Å². The zero-order valence-electron chi connectivity index (χ0n) is 14.6. The molecule has 0 amide bonds. The van der Waals surface area contributed by atoms with E-state index in [0.29, 0.717) is 0 Å². The van der Waals surface area contributed by atoms with Crippen molar-refractivity contribution in [2.75, 3.05) is 23.4 Å². The summed E-state index contributed by atoms with van der Waals surface area (Å²) in [6, 6.07) is 8.46. The number of halogens is 3. The summed E-state index contributed by atoms with van der Waals surface area (Å²) >= 11 is 0. The molecule has 3 rings (SSSR count). The van der Waals surface area contributed by atoms with Crippen molar-refractivity contribution in [1.82, 2.24) is 4.98 Å². The van der Waals surface area contributed by atoms with Gasteiger partial charge in [0, 0.05) is 25.0 Å². The molecule has 4 nitrogen and oxygen atoms in total. The molecular weight excluding hydrogens is 341 g/mol. The highest BCUT2D eigenvalue weighted by molar-refractivity contribution is 5.83. The molecule has 1 N–H and O–H groups in total. The SMILES string of the molecule is Cc1cc(N2CCCCC2)ccc1/C=N\Nc1ccc(C(F)(F)F)cn1. The van der Waals surface area contributed by atoms with Gasteiger partial charge in [0.1, 0.15) is 5.82 Å². The second-order valence-electron chi connectivity index (χ2n) is 6.39. The van der Waals surface area contributed by atoms with Crippen LogP contribution >= 0.6 is 0 Å². The Morgan fingerprint density at radius 1 is 1.12 bits per heavy atom. The molecule has 1 aliphatic heterocycles. The summed E-state index contributed by atoms with van der Waals surface area (Å²) in [4.78, 5) is 6.11. The van der Waals surface area contributed by atoms with E-state index in [0.717, 1.165) is 36.5 Å². The lowest BCUT2D eigenvalue weighted by Crippen LogP contribution is -2.29. The molecule has 0 atom stereocenters. The largest absolute Gasteiger partial charge is 0.417 e. The molecule has 138 valence electrons. The minimum absolute atomic E-state index is 0.261. The van der Waals surface area contributed by atoms with E-state index >= 15 is 0 Å². The number of nitrogens with zero attached hydrogens (tertiary/aromatic N) is 3. The molecule has 7 heteroatoms. The van der Waals surface area contributed by atoms with Crippen molar-refractivity contribution in [3.05, 3.63) is 53.2 Å². The highest BCUT2D eigenvalue weighted by Crippen LogP contribution is 2.28. The number of rotatable bonds is 4. The van der Waals surface area contributed by atoms with E-state index in [4.69, 9.17) is 0 Å². The van der Waals surface area contributed by atoms with E-state index in [1.807, 2.05) is 13.0 Å². The number of pyridine rings is 1. The van der Waals surface area contributed by atoms with Gasteiger partial charge in [0.05, 0.1) is 11.8 Å². The smallest absolute Gasteiger partial charge is 0.372 e. The second-order valence-corrected chi connectivity index (χ2v) is 6.39. The van der Waals surface area contributed by atoms with Crippen LogP contribution in [0, 0.1) is 6.92 Å². The Morgan fingerprint density at radius 2 is 1.88 bits per heavy atom. The molecular formula is C19H21F3N4. The second kappa shape index (κ2) is 7.76. The third-order valence-corrected chi connectivity index (χ3v) is 4.45. The van der Waals surface area contributed by atoms with E-state index in [1.54, 1.807) is 6.21 Å². The quantitative estimate of drug-likeness (QED) is 0.625. The number of piperidine rings is 1. The van der Waals surface area contributed by atoms with Crippen molar-refractivity contribution in [3.63, 3.8) is 0 Å². The van der Waals surface area contributed by atoms with Crippen LogP contribution in [-0.4, -0.2) is 24.3 Å². The van der Waals surface area contributed by atoms with E-state index in [1.165, 1.54) is 31.0 Å². The molecule has 0 saturated carbocycles. The molecule has 0 radical (unpaired) electrons. The first-order chi connectivity index (χ1) is 12.4. The van der Waals surface area contributed by atoms with Crippen molar-refractivity contribution in [2.24, 2.45) is 5.10 Å². The van der Waals surface area contributed by atoms with E-state index in [2.05, 4.69) is 32.5 Å². The van der Waals surface area contributed by atoms with E-state index < -0.39 is 11.7 Å². The van der Waals surface area contributed by atoms with Gasteiger partial charge in [-0.2, -0.15) is 18.3 Å². The van der Waals surface area contributed by atoms with Gasteiger partial charge < -0.3 is 4.90 Å². The van der Waals surface area contributed by atoms with E-state index in [9.17, 15) is 13.2 Å². The summed E-state index contributed by atoms with van der Waals surface area (Å²) in [5, 5.41) is 4.07. The van der Waals surface area contributed by atoms with Gasteiger partial charge in [-0.15, -0.1) is 0 Å². The maximum Gasteiger partial charge on any atom is 0.417 e. The Hall–Kier alpha value is -2.57. The standard InChI is InChI=1S/C19H21F3N4/c1-14-11-17(26-9-3-2-4-10-26)7-5-15(14)12-24-25-18-8-6-16(13-23-18)19(20,21)22/h5-8,11-13H,2-4,9-10H2,1H3,(H,23,25)/b24-12-. The predicted octanol–water partition coefficient (Wildman–Crippen LogP) is 4.85. The van der Waals surface area contributed by atoms with Gasteiger partial charge >= 0.3 is 6.18 Å². The fourth-order valence-corrected chi connectivity index (χ4v) is 2.95. The Kier molecular flexibility index (Phi) is 5.44. The van der Waals surface area contributed by atoms with Gasteiger partial charge in [0.15, 0.2) is 0 Å². The maximum absolute atomic E-state index is 12.5. The van der Waals surface area contributed by atoms with Crippen molar-refractivity contribution < 1.29 is 13.2 Å². The van der Waals surface area contributed by atoms with Crippen LogP contribution in [0.15, 0.2) is 41.6 Å². The number of hydrazone groups is 1. The normalized spacial score (nSPS) is 15.5. The molecule has 2 aromatic rings. The number of anilines is 2. The van der Waals surface area contributed by atoms with Gasteiger partial charge in [0.25, 0.3) is 0 Å². The lowest BCUT2D eigenvalue weighted by molar-refractivity contribution is -0.137. The highest BCUT2D eigenvalue weighted by atomic mass is 19.4. The monoisotopic (exact) mass is 362 g/mol. The van der Waals surface area contributed by atoms with Crippen LogP contribution in [0.5, 0.6) is 0 Å². The number of nitrogens with one attached hydrogen (secondary N) is 1. The molecule has 1 fully saturated rings. The molecule has 1 aromatic heterocycles. The van der Waals surface area contributed by atoms with Gasteiger partial charge in [-0.05, 0) is 61.6 Å². The van der Waals surface area contributed by atoms with Gasteiger partial charge in [-0.25, -0.2) is 4.98 Å². The Labute approximate surface area is 150 Å². The fourth-order valence-electron chi connectivity index (χ4n) is 2.95. The average molecular weight is 362 g/mol. The zero-order chi connectivity index (χ0) is 18.6. The summed E-state index contributed by atoms with van der Waals surface area (Å²) in [6.45, 7) is 4.20. The summed E-state index contributed by atoms with van der Waals surface area (Å²) < 4.78 is 37.5. The maximum atomic E-state index is 12.5. The lowest BCUT2D eigenvalue weighted by atomic mass is 10.1. The first-order valence-electron chi connectivity index (χ1n) is 8.61. The van der Waals surface area contributed by atoms with Gasteiger partial charge in [0.2, 0.25) is 0 Å². The fraction of sp³-hybridized carbons (Fsp3) is 0.368. The minimum atomic E-state index is -4.39. The average Bonchev–Trinajstić information content (AvgIpc) is 2.63. The third kappa shape index (κ3) is 4.53. The number of aryl methyl sites for hydroxylation is 1. The number of aromatic nitrogens is 1. The summed E-state index contributed by atoms with van der Waals surface area (Å²) in [7, 11) is 0. The van der Waals surface area contributed by atoms with Crippen LogP contribution in [0.3, 0.4) is 0 Å². The number of hydrogen-bond donors (Lipinski definition) is 1. The van der Waals surface area contributed by atoms with Crippen LogP contribution in [-0.2, 0) is 6.18 Å². The first kappa shape index (κ1) is 18.2. The Morgan fingerprint density at radius 3 is 2.50 bits per heavy atom. The number of hydrogen-bond acceptors (Lipinski definition) is 4. The van der Waals surface area contributed by atoms with E-state index in [-0.39, 0.29) is 5.82 Å². The minimum Gasteiger partial charge on any atom is -0.372 e.